The largest absolute Gasteiger partial charge is 0.467 e. The molecule has 1 amide bonds. The molecular formula is C14H16BrNO2. The Bertz CT molecular complexity index is 493. The Hall–Kier alpha value is -1.03. The fourth-order valence-electron chi connectivity index (χ4n) is 2.73. The number of amides is 1. The van der Waals surface area contributed by atoms with Gasteiger partial charge in [0.15, 0.2) is 5.72 Å². The van der Waals surface area contributed by atoms with E-state index in [-0.39, 0.29) is 5.91 Å². The lowest BCUT2D eigenvalue weighted by atomic mass is 9.83. The molecule has 0 saturated heterocycles. The topological polar surface area (TPSA) is 38.3 Å². The Morgan fingerprint density at radius 2 is 2.11 bits per heavy atom. The average Bonchev–Trinajstić information content (AvgIpc) is 2.35. The molecule has 18 heavy (non-hydrogen) atoms. The number of carbonyl (C=O) groups excluding carboxylic acids is 1. The molecular weight excluding hydrogens is 294 g/mol. The van der Waals surface area contributed by atoms with E-state index in [1.54, 1.807) is 0 Å². The van der Waals surface area contributed by atoms with E-state index in [0.29, 0.717) is 11.3 Å². The van der Waals surface area contributed by atoms with Crippen LogP contribution in [0.1, 0.15) is 43.0 Å². The highest BCUT2D eigenvalue weighted by molar-refractivity contribution is 9.10. The number of carbonyl (C=O) groups is 1. The number of rotatable bonds is 0. The lowest BCUT2D eigenvalue weighted by Gasteiger charge is -2.43. The predicted octanol–water partition coefficient (Wildman–Crippen LogP) is 3.48. The molecule has 0 atom stereocenters. The van der Waals surface area contributed by atoms with Crippen LogP contribution in [0.15, 0.2) is 22.7 Å². The standard InChI is InChI=1S/C14H16BrNO2/c1-9-4-6-14(7-5-9)16-13(17)11-8-10(15)2-3-12(11)18-14/h2-3,8-9H,4-7H2,1H3,(H,16,17). The predicted molar refractivity (Wildman–Crippen MR) is 72.6 cm³/mol. The second-order valence-electron chi connectivity index (χ2n) is 5.37. The quantitative estimate of drug-likeness (QED) is 0.797. The summed E-state index contributed by atoms with van der Waals surface area (Å²) in [7, 11) is 0. The maximum Gasteiger partial charge on any atom is 0.258 e. The number of ether oxygens (including phenoxy) is 1. The van der Waals surface area contributed by atoms with Gasteiger partial charge in [0.25, 0.3) is 5.91 Å². The normalized spacial score (nSPS) is 30.6. The molecule has 1 aliphatic heterocycles. The first kappa shape index (κ1) is 12.0. The van der Waals surface area contributed by atoms with Crippen LogP contribution in [0.4, 0.5) is 0 Å². The molecule has 1 N–H and O–H groups in total. The first-order chi connectivity index (χ1) is 8.58. The Morgan fingerprint density at radius 3 is 2.83 bits per heavy atom. The van der Waals surface area contributed by atoms with Crippen molar-refractivity contribution in [2.24, 2.45) is 5.92 Å². The van der Waals surface area contributed by atoms with E-state index in [1.165, 1.54) is 0 Å². The van der Waals surface area contributed by atoms with Crippen LogP contribution in [0.2, 0.25) is 0 Å². The van der Waals surface area contributed by atoms with Crippen LogP contribution in [0, 0.1) is 5.92 Å². The van der Waals surface area contributed by atoms with Crippen LogP contribution in [0.25, 0.3) is 0 Å². The zero-order chi connectivity index (χ0) is 12.8. The molecule has 1 heterocycles. The third-order valence-electron chi connectivity index (χ3n) is 3.91. The Morgan fingerprint density at radius 1 is 1.39 bits per heavy atom. The SMILES string of the molecule is CC1CCC2(CC1)NC(=O)c1cc(Br)ccc1O2. The summed E-state index contributed by atoms with van der Waals surface area (Å²) >= 11 is 3.38. The maximum absolute atomic E-state index is 12.2. The van der Waals surface area contributed by atoms with Gasteiger partial charge in [-0.05, 0) is 37.0 Å². The molecule has 2 aliphatic rings. The van der Waals surface area contributed by atoms with E-state index in [0.717, 1.165) is 36.1 Å². The van der Waals surface area contributed by atoms with Gasteiger partial charge in [-0.15, -0.1) is 0 Å². The van der Waals surface area contributed by atoms with Gasteiger partial charge in [-0.25, -0.2) is 0 Å². The molecule has 0 radical (unpaired) electrons. The Labute approximate surface area is 115 Å². The van der Waals surface area contributed by atoms with E-state index in [4.69, 9.17) is 4.74 Å². The van der Waals surface area contributed by atoms with Gasteiger partial charge in [0.2, 0.25) is 0 Å². The molecule has 1 aromatic carbocycles. The molecule has 3 nitrogen and oxygen atoms in total. The van der Waals surface area contributed by atoms with Crippen molar-refractivity contribution in [3.05, 3.63) is 28.2 Å². The average molecular weight is 310 g/mol. The smallest absolute Gasteiger partial charge is 0.258 e. The Balaban J connectivity index is 1.92. The number of halogens is 1. The maximum atomic E-state index is 12.2. The molecule has 4 heteroatoms. The fourth-order valence-corrected chi connectivity index (χ4v) is 3.10. The molecule has 1 aromatic rings. The second-order valence-corrected chi connectivity index (χ2v) is 6.29. The van der Waals surface area contributed by atoms with Crippen molar-refractivity contribution in [1.82, 2.24) is 5.32 Å². The molecule has 1 saturated carbocycles. The van der Waals surface area contributed by atoms with Crippen molar-refractivity contribution in [3.8, 4) is 5.75 Å². The molecule has 0 bridgehead atoms. The first-order valence-corrected chi connectivity index (χ1v) is 7.18. The van der Waals surface area contributed by atoms with Gasteiger partial charge in [0.1, 0.15) is 5.75 Å². The highest BCUT2D eigenvalue weighted by atomic mass is 79.9. The third-order valence-corrected chi connectivity index (χ3v) is 4.41. The molecule has 3 rings (SSSR count). The minimum absolute atomic E-state index is 0.0212. The third kappa shape index (κ3) is 2.03. The van der Waals surface area contributed by atoms with E-state index >= 15 is 0 Å². The number of hydrogen-bond acceptors (Lipinski definition) is 2. The summed E-state index contributed by atoms with van der Waals surface area (Å²) in [6.45, 7) is 2.25. The number of benzene rings is 1. The highest BCUT2D eigenvalue weighted by Gasteiger charge is 2.41. The molecule has 1 aliphatic carbocycles. The molecule has 0 aromatic heterocycles. The van der Waals surface area contributed by atoms with Gasteiger partial charge in [-0.1, -0.05) is 22.9 Å². The lowest BCUT2D eigenvalue weighted by molar-refractivity contribution is -0.0176. The van der Waals surface area contributed by atoms with Crippen LogP contribution in [-0.2, 0) is 0 Å². The lowest BCUT2D eigenvalue weighted by Crippen LogP contribution is -2.57. The summed E-state index contributed by atoms with van der Waals surface area (Å²) in [6.07, 6.45) is 4.00. The molecule has 1 spiro atoms. The minimum atomic E-state index is -0.468. The van der Waals surface area contributed by atoms with Crippen molar-refractivity contribution in [1.29, 1.82) is 0 Å². The van der Waals surface area contributed by atoms with E-state index in [1.807, 2.05) is 18.2 Å². The van der Waals surface area contributed by atoms with Gasteiger partial charge >= 0.3 is 0 Å². The second kappa shape index (κ2) is 4.26. The van der Waals surface area contributed by atoms with Gasteiger partial charge in [-0.3, -0.25) is 4.79 Å². The summed E-state index contributed by atoms with van der Waals surface area (Å²) in [6, 6.07) is 5.59. The van der Waals surface area contributed by atoms with Crippen molar-refractivity contribution < 1.29 is 9.53 Å². The fraction of sp³-hybridized carbons (Fsp3) is 0.500. The van der Waals surface area contributed by atoms with Gasteiger partial charge in [-0.2, -0.15) is 0 Å². The minimum Gasteiger partial charge on any atom is -0.467 e. The number of nitrogens with one attached hydrogen (secondary N) is 1. The number of fused-ring (bicyclic) bond motifs is 1. The zero-order valence-corrected chi connectivity index (χ0v) is 11.9. The van der Waals surface area contributed by atoms with Crippen LogP contribution in [-0.4, -0.2) is 11.6 Å². The Kier molecular flexibility index (Phi) is 2.85. The summed E-state index contributed by atoms with van der Waals surface area (Å²) in [5.41, 5.74) is 0.151. The highest BCUT2D eigenvalue weighted by Crippen LogP contribution is 2.38. The van der Waals surface area contributed by atoms with Crippen molar-refractivity contribution in [3.63, 3.8) is 0 Å². The van der Waals surface area contributed by atoms with Gasteiger partial charge < -0.3 is 10.1 Å². The summed E-state index contributed by atoms with van der Waals surface area (Å²) < 4.78 is 6.98. The zero-order valence-electron chi connectivity index (χ0n) is 10.3. The van der Waals surface area contributed by atoms with Gasteiger partial charge in [0.05, 0.1) is 5.56 Å². The molecule has 1 fully saturated rings. The molecule has 96 valence electrons. The van der Waals surface area contributed by atoms with Crippen LogP contribution < -0.4 is 10.1 Å². The molecule has 0 unspecified atom stereocenters. The summed E-state index contributed by atoms with van der Waals surface area (Å²) in [5, 5.41) is 3.05. The monoisotopic (exact) mass is 309 g/mol. The van der Waals surface area contributed by atoms with Crippen molar-refractivity contribution in [2.75, 3.05) is 0 Å². The summed E-state index contributed by atoms with van der Waals surface area (Å²) in [5.74, 6) is 1.41. The van der Waals surface area contributed by atoms with Crippen LogP contribution in [0.5, 0.6) is 5.75 Å². The van der Waals surface area contributed by atoms with Gasteiger partial charge in [0, 0.05) is 17.3 Å². The summed E-state index contributed by atoms with van der Waals surface area (Å²) in [4.78, 5) is 12.2. The van der Waals surface area contributed by atoms with Crippen LogP contribution in [0.3, 0.4) is 0 Å². The van der Waals surface area contributed by atoms with E-state index in [2.05, 4.69) is 28.2 Å². The van der Waals surface area contributed by atoms with Crippen molar-refractivity contribution in [2.45, 2.75) is 38.3 Å². The number of hydrogen-bond donors (Lipinski definition) is 1. The first-order valence-electron chi connectivity index (χ1n) is 6.39. The van der Waals surface area contributed by atoms with E-state index < -0.39 is 5.72 Å². The van der Waals surface area contributed by atoms with Crippen LogP contribution >= 0.6 is 15.9 Å². The van der Waals surface area contributed by atoms with E-state index in [9.17, 15) is 4.79 Å². The van der Waals surface area contributed by atoms with Crippen molar-refractivity contribution >= 4 is 21.8 Å².